The molecule has 1 aromatic carbocycles. The van der Waals surface area contributed by atoms with Crippen LogP contribution in [0.25, 0.3) is 5.69 Å². The Bertz CT molecular complexity index is 1580. The summed E-state index contributed by atoms with van der Waals surface area (Å²) in [5.41, 5.74) is -2.88. The van der Waals surface area contributed by atoms with Gasteiger partial charge in [-0.1, -0.05) is 56.4 Å². The van der Waals surface area contributed by atoms with Gasteiger partial charge in [-0.25, -0.2) is 23.5 Å². The number of aliphatic hydroxyl groups is 2. The van der Waals surface area contributed by atoms with Gasteiger partial charge in [-0.15, -0.1) is 0 Å². The number of allylic oxidation sites excluding steroid dienone is 3. The topological polar surface area (TPSA) is 98.6 Å². The summed E-state index contributed by atoms with van der Waals surface area (Å²) in [4.78, 5) is 29.1. The number of para-hydroxylation sites is 1. The average Bonchev–Trinajstić information content (AvgIpc) is 3.43. The zero-order valence-electron chi connectivity index (χ0n) is 25.5. The van der Waals surface area contributed by atoms with Crippen LogP contribution in [0.1, 0.15) is 73.1 Å². The van der Waals surface area contributed by atoms with Crippen molar-refractivity contribution in [2.45, 2.75) is 102 Å². The van der Waals surface area contributed by atoms with Crippen LogP contribution in [0, 0.1) is 28.6 Å². The maximum atomic E-state index is 14.6. The van der Waals surface area contributed by atoms with E-state index in [4.69, 9.17) is 4.74 Å². The van der Waals surface area contributed by atoms with E-state index >= 15 is 0 Å². The van der Waals surface area contributed by atoms with Crippen molar-refractivity contribution in [3.63, 3.8) is 0 Å². The summed E-state index contributed by atoms with van der Waals surface area (Å²) in [6.45, 7) is 10.9. The summed E-state index contributed by atoms with van der Waals surface area (Å²) in [7, 11) is 0. The number of ether oxygens (including phenoxy) is 1. The number of fused-ring (bicyclic) bond motifs is 1. The van der Waals surface area contributed by atoms with Gasteiger partial charge in [0.15, 0.2) is 0 Å². The van der Waals surface area contributed by atoms with Crippen LogP contribution in [0.15, 0.2) is 64.2 Å². The lowest BCUT2D eigenvalue weighted by Crippen LogP contribution is -2.75. The standard InChI is InChI=1S/C34H45N3O5/c1-22(42-20-19-30(2,3)41)25-11-12-26-31(25,4)15-14-27-32(5)16-13-24(38)21-33(32)17-18-34(26,27)37-29(40)35(28(39)36(33)37)23-9-7-6-8-10-23/h6-10,13,16-18,22,24-27,38,41H,11-12,14-15,19-21H2,1-5H3/t22-,24-,25+,26+,27+,31+,32+,33+,34-/m0/s1. The van der Waals surface area contributed by atoms with E-state index in [1.807, 2.05) is 54.9 Å². The number of hydrogen-bond acceptors (Lipinski definition) is 5. The molecule has 0 unspecified atom stereocenters. The van der Waals surface area contributed by atoms with Crippen molar-refractivity contribution < 1.29 is 14.9 Å². The van der Waals surface area contributed by atoms with Gasteiger partial charge in [0.25, 0.3) is 0 Å². The van der Waals surface area contributed by atoms with E-state index in [9.17, 15) is 19.8 Å². The highest BCUT2D eigenvalue weighted by Gasteiger charge is 2.74. The van der Waals surface area contributed by atoms with Crippen molar-refractivity contribution in [2.75, 3.05) is 6.61 Å². The fourth-order valence-electron chi connectivity index (χ4n) is 10.4. The monoisotopic (exact) mass is 575 g/mol. The molecular formula is C34H45N3O5. The predicted molar refractivity (Wildman–Crippen MR) is 161 cm³/mol. The number of benzene rings is 1. The smallest absolute Gasteiger partial charge is 0.352 e. The Morgan fingerprint density at radius 3 is 2.43 bits per heavy atom. The van der Waals surface area contributed by atoms with Crippen molar-refractivity contribution in [1.82, 2.24) is 13.9 Å². The quantitative estimate of drug-likeness (QED) is 0.506. The highest BCUT2D eigenvalue weighted by molar-refractivity contribution is 5.41. The van der Waals surface area contributed by atoms with Gasteiger partial charge < -0.3 is 14.9 Å². The number of hydrogen-bond donors (Lipinski definition) is 2. The minimum absolute atomic E-state index is 0.0127. The molecule has 8 nitrogen and oxygen atoms in total. The Labute approximate surface area is 247 Å². The van der Waals surface area contributed by atoms with E-state index in [2.05, 4.69) is 39.0 Å². The molecule has 2 aromatic rings. The fourth-order valence-corrected chi connectivity index (χ4v) is 10.4. The van der Waals surface area contributed by atoms with Gasteiger partial charge in [-0.3, -0.25) is 0 Å². The summed E-state index contributed by atoms with van der Waals surface area (Å²) < 4.78 is 11.3. The first kappa shape index (κ1) is 28.1. The highest BCUT2D eigenvalue weighted by atomic mass is 16.5. The van der Waals surface area contributed by atoms with Crippen molar-refractivity contribution >= 4 is 0 Å². The van der Waals surface area contributed by atoms with E-state index in [1.165, 1.54) is 4.57 Å². The SMILES string of the molecule is C[C@H](OCCC(C)(C)O)[C@H]1CC[C@@H]2[C@]1(C)CC[C@H]1[C@]23C=C[C@]2(C[C@@H](O)C=C[C@]12C)n1c(=O)n(-c2ccccc2)c(=O)n13. The van der Waals surface area contributed by atoms with Crippen LogP contribution in [0.3, 0.4) is 0 Å². The molecule has 8 rings (SSSR count). The predicted octanol–water partition coefficient (Wildman–Crippen LogP) is 4.11. The third-order valence-electron chi connectivity index (χ3n) is 12.3. The minimum Gasteiger partial charge on any atom is -0.390 e. The zero-order chi connectivity index (χ0) is 29.9. The van der Waals surface area contributed by atoms with E-state index in [-0.39, 0.29) is 34.7 Å². The van der Waals surface area contributed by atoms with Crippen molar-refractivity contribution in [3.8, 4) is 5.69 Å². The van der Waals surface area contributed by atoms with Gasteiger partial charge >= 0.3 is 11.4 Å². The molecule has 2 bridgehead atoms. The largest absolute Gasteiger partial charge is 0.390 e. The van der Waals surface area contributed by atoms with Gasteiger partial charge in [0.2, 0.25) is 0 Å². The summed E-state index contributed by atoms with van der Waals surface area (Å²) >= 11 is 0. The first-order chi connectivity index (χ1) is 19.8. The Morgan fingerprint density at radius 2 is 1.71 bits per heavy atom. The molecule has 2 aliphatic heterocycles. The number of rotatable bonds is 6. The van der Waals surface area contributed by atoms with Crippen LogP contribution >= 0.6 is 0 Å². The van der Waals surface area contributed by atoms with Gasteiger partial charge in [-0.05, 0) is 88.2 Å². The Hall–Kier alpha value is -2.68. The van der Waals surface area contributed by atoms with E-state index < -0.39 is 28.2 Å². The molecule has 8 heteroatoms. The molecule has 2 fully saturated rings. The van der Waals surface area contributed by atoms with Crippen LogP contribution in [0.5, 0.6) is 0 Å². The van der Waals surface area contributed by atoms with Gasteiger partial charge in [0.1, 0.15) is 0 Å². The first-order valence-corrected chi connectivity index (χ1v) is 15.8. The molecule has 9 atom stereocenters. The molecule has 2 spiro atoms. The average molecular weight is 576 g/mol. The maximum Gasteiger partial charge on any atom is 0.352 e. The number of aliphatic hydroxyl groups excluding tert-OH is 1. The third-order valence-corrected chi connectivity index (χ3v) is 12.3. The summed E-state index contributed by atoms with van der Waals surface area (Å²) in [6.07, 6.45) is 12.6. The first-order valence-electron chi connectivity index (χ1n) is 15.8. The normalized spacial score (nSPS) is 40.4. The Morgan fingerprint density at radius 1 is 1.00 bits per heavy atom. The molecule has 3 heterocycles. The summed E-state index contributed by atoms with van der Waals surface area (Å²) in [5.74, 6) is 0.534. The molecule has 42 heavy (non-hydrogen) atoms. The van der Waals surface area contributed by atoms with Crippen molar-refractivity contribution in [2.24, 2.45) is 28.6 Å². The number of nitrogens with zero attached hydrogens (tertiary/aromatic N) is 3. The molecule has 0 amide bonds. The molecule has 6 aliphatic rings. The van der Waals surface area contributed by atoms with Gasteiger partial charge in [-0.2, -0.15) is 0 Å². The minimum atomic E-state index is -0.830. The second kappa shape index (κ2) is 8.93. The lowest BCUT2D eigenvalue weighted by Gasteiger charge is -2.70. The van der Waals surface area contributed by atoms with Crippen LogP contribution in [-0.2, 0) is 15.8 Å². The molecule has 226 valence electrons. The van der Waals surface area contributed by atoms with Gasteiger partial charge in [0.05, 0.1) is 34.6 Å². The van der Waals surface area contributed by atoms with Gasteiger partial charge in [0, 0.05) is 18.4 Å². The third kappa shape index (κ3) is 3.40. The molecule has 0 radical (unpaired) electrons. The van der Waals surface area contributed by atoms with E-state index in [1.54, 1.807) is 4.68 Å². The molecule has 4 aliphatic carbocycles. The molecular weight excluding hydrogens is 530 g/mol. The summed E-state index contributed by atoms with van der Waals surface area (Å²) in [6, 6.07) is 9.22. The zero-order valence-corrected chi connectivity index (χ0v) is 25.5. The highest BCUT2D eigenvalue weighted by Crippen LogP contribution is 2.72. The van der Waals surface area contributed by atoms with E-state index in [0.717, 1.165) is 25.7 Å². The lowest BCUT2D eigenvalue weighted by atomic mass is 9.41. The Kier molecular flexibility index (Phi) is 5.98. The lowest BCUT2D eigenvalue weighted by molar-refractivity contribution is -0.171. The molecule has 2 saturated carbocycles. The molecule has 1 aromatic heterocycles. The summed E-state index contributed by atoms with van der Waals surface area (Å²) in [5, 5.41) is 21.2. The van der Waals surface area contributed by atoms with Crippen LogP contribution < -0.4 is 11.4 Å². The molecule has 0 saturated heterocycles. The Balaban J connectivity index is 1.40. The van der Waals surface area contributed by atoms with Crippen LogP contribution in [0.4, 0.5) is 0 Å². The fraction of sp³-hybridized carbons (Fsp3) is 0.647. The molecule has 2 N–H and O–H groups in total. The number of aromatic nitrogens is 3. The van der Waals surface area contributed by atoms with Crippen molar-refractivity contribution in [3.05, 3.63) is 75.6 Å². The second-order valence-electron chi connectivity index (χ2n) is 14.9. The van der Waals surface area contributed by atoms with Crippen LogP contribution in [0.2, 0.25) is 0 Å². The second-order valence-corrected chi connectivity index (χ2v) is 14.9. The van der Waals surface area contributed by atoms with E-state index in [0.29, 0.717) is 31.1 Å². The van der Waals surface area contributed by atoms with Crippen molar-refractivity contribution in [1.29, 1.82) is 0 Å². The maximum absolute atomic E-state index is 14.6. The van der Waals surface area contributed by atoms with Crippen LogP contribution in [-0.4, -0.2) is 48.6 Å².